The van der Waals surface area contributed by atoms with Crippen molar-refractivity contribution in [3.05, 3.63) is 28.8 Å². The van der Waals surface area contributed by atoms with Crippen LogP contribution in [0.3, 0.4) is 0 Å². The molecule has 0 saturated carbocycles. The van der Waals surface area contributed by atoms with Crippen molar-refractivity contribution in [1.29, 1.82) is 0 Å². The van der Waals surface area contributed by atoms with Crippen LogP contribution in [0.15, 0.2) is 12.1 Å². The standard InChI is InChI=1S/C21H33NO4/c1-14(23)22-10-11-26-18(24)9-8-15-12-16(20(2,3)4)19(25)17(13-15)21(5,6)7/h12-13,25H,8-11H2,1-7H3,(H,22,23). The van der Waals surface area contributed by atoms with Crippen LogP contribution in [0.5, 0.6) is 5.75 Å². The molecule has 0 fully saturated rings. The Morgan fingerprint density at radius 2 is 1.54 bits per heavy atom. The van der Waals surface area contributed by atoms with Crippen molar-refractivity contribution in [2.75, 3.05) is 13.2 Å². The summed E-state index contributed by atoms with van der Waals surface area (Å²) >= 11 is 0. The van der Waals surface area contributed by atoms with Crippen molar-refractivity contribution in [2.24, 2.45) is 0 Å². The lowest BCUT2D eigenvalue weighted by Crippen LogP contribution is -2.25. The second-order valence-corrected chi connectivity index (χ2v) is 8.74. The van der Waals surface area contributed by atoms with Crippen LogP contribution in [0.1, 0.15) is 71.6 Å². The van der Waals surface area contributed by atoms with Gasteiger partial charge < -0.3 is 15.2 Å². The number of phenolic OH excluding ortho intramolecular Hbond substituents is 1. The van der Waals surface area contributed by atoms with Crippen molar-refractivity contribution in [3.63, 3.8) is 0 Å². The summed E-state index contributed by atoms with van der Waals surface area (Å²) in [7, 11) is 0. The van der Waals surface area contributed by atoms with Gasteiger partial charge in [0, 0.05) is 13.3 Å². The monoisotopic (exact) mass is 363 g/mol. The lowest BCUT2D eigenvalue weighted by Gasteiger charge is -2.28. The Labute approximate surface area is 157 Å². The Balaban J connectivity index is 2.86. The highest BCUT2D eigenvalue weighted by molar-refractivity contribution is 5.73. The minimum atomic E-state index is -0.293. The minimum Gasteiger partial charge on any atom is -0.507 e. The zero-order chi connectivity index (χ0) is 20.1. The van der Waals surface area contributed by atoms with Crippen molar-refractivity contribution in [3.8, 4) is 5.75 Å². The van der Waals surface area contributed by atoms with E-state index in [1.165, 1.54) is 6.92 Å². The third-order valence-electron chi connectivity index (χ3n) is 4.14. The number of esters is 1. The topological polar surface area (TPSA) is 75.6 Å². The van der Waals surface area contributed by atoms with Gasteiger partial charge in [0.05, 0.1) is 6.54 Å². The van der Waals surface area contributed by atoms with Crippen LogP contribution < -0.4 is 5.32 Å². The fraction of sp³-hybridized carbons (Fsp3) is 0.619. The number of benzene rings is 1. The van der Waals surface area contributed by atoms with E-state index in [0.29, 0.717) is 18.7 Å². The largest absolute Gasteiger partial charge is 0.507 e. The Morgan fingerprint density at radius 1 is 1.04 bits per heavy atom. The van der Waals surface area contributed by atoms with E-state index < -0.39 is 0 Å². The molecule has 0 bridgehead atoms. The molecule has 0 spiro atoms. The second-order valence-electron chi connectivity index (χ2n) is 8.74. The SMILES string of the molecule is CC(=O)NCCOC(=O)CCc1cc(C(C)(C)C)c(O)c(C(C)(C)C)c1. The third kappa shape index (κ3) is 6.70. The number of hydrogen-bond acceptors (Lipinski definition) is 4. The highest BCUT2D eigenvalue weighted by Gasteiger charge is 2.26. The summed E-state index contributed by atoms with van der Waals surface area (Å²) in [5.74, 6) is -0.0979. The zero-order valence-electron chi connectivity index (χ0n) is 17.2. The van der Waals surface area contributed by atoms with E-state index in [1.54, 1.807) is 0 Å². The maximum atomic E-state index is 11.9. The van der Waals surface area contributed by atoms with E-state index >= 15 is 0 Å². The number of nitrogens with one attached hydrogen (secondary N) is 1. The fourth-order valence-corrected chi connectivity index (χ4v) is 2.69. The first-order chi connectivity index (χ1) is 11.8. The predicted molar refractivity (Wildman–Crippen MR) is 103 cm³/mol. The Hall–Kier alpha value is -2.04. The highest BCUT2D eigenvalue weighted by Crippen LogP contribution is 2.39. The Kier molecular flexibility index (Phi) is 7.25. The molecule has 146 valence electrons. The molecule has 5 nitrogen and oxygen atoms in total. The van der Waals surface area contributed by atoms with Gasteiger partial charge in [-0.3, -0.25) is 9.59 Å². The van der Waals surface area contributed by atoms with Crippen molar-refractivity contribution in [2.45, 2.75) is 72.1 Å². The molecular formula is C21H33NO4. The molecule has 0 saturated heterocycles. The van der Waals surface area contributed by atoms with Crippen LogP contribution in [-0.4, -0.2) is 30.1 Å². The van der Waals surface area contributed by atoms with E-state index in [2.05, 4.69) is 46.9 Å². The molecule has 0 unspecified atom stereocenters. The van der Waals surface area contributed by atoms with Crippen LogP contribution in [0.25, 0.3) is 0 Å². The van der Waals surface area contributed by atoms with Gasteiger partial charge in [0.2, 0.25) is 5.91 Å². The summed E-state index contributed by atoms with van der Waals surface area (Å²) in [5, 5.41) is 13.3. The zero-order valence-corrected chi connectivity index (χ0v) is 17.2. The summed E-state index contributed by atoms with van der Waals surface area (Å²) in [4.78, 5) is 22.7. The number of aromatic hydroxyl groups is 1. The van der Waals surface area contributed by atoms with Gasteiger partial charge in [0.15, 0.2) is 0 Å². The van der Waals surface area contributed by atoms with E-state index in [1.807, 2.05) is 12.1 Å². The molecule has 1 aromatic carbocycles. The predicted octanol–water partition coefficient (Wildman–Crippen LogP) is 3.60. The molecule has 1 rings (SSSR count). The summed E-state index contributed by atoms with van der Waals surface area (Å²) < 4.78 is 5.13. The molecule has 0 atom stereocenters. The van der Waals surface area contributed by atoms with Crippen molar-refractivity contribution in [1.82, 2.24) is 5.32 Å². The summed E-state index contributed by atoms with van der Waals surface area (Å²) in [5.41, 5.74) is 2.40. The second kappa shape index (κ2) is 8.56. The summed E-state index contributed by atoms with van der Waals surface area (Å²) in [6, 6.07) is 3.96. The molecule has 0 heterocycles. The van der Waals surface area contributed by atoms with Crippen LogP contribution >= 0.6 is 0 Å². The van der Waals surface area contributed by atoms with Gasteiger partial charge in [-0.2, -0.15) is 0 Å². The van der Waals surface area contributed by atoms with Gasteiger partial charge in [-0.1, -0.05) is 53.7 Å². The van der Waals surface area contributed by atoms with E-state index in [-0.39, 0.29) is 35.7 Å². The normalized spacial score (nSPS) is 12.0. The van der Waals surface area contributed by atoms with Crippen molar-refractivity contribution >= 4 is 11.9 Å². The molecule has 1 amide bonds. The van der Waals surface area contributed by atoms with Crippen LogP contribution in [0.2, 0.25) is 0 Å². The van der Waals surface area contributed by atoms with Gasteiger partial charge >= 0.3 is 5.97 Å². The number of carbonyl (C=O) groups excluding carboxylic acids is 2. The van der Waals surface area contributed by atoms with E-state index in [0.717, 1.165) is 16.7 Å². The number of hydrogen-bond donors (Lipinski definition) is 2. The van der Waals surface area contributed by atoms with Crippen LogP contribution in [0.4, 0.5) is 0 Å². The number of aryl methyl sites for hydroxylation is 1. The first kappa shape index (κ1) is 22.0. The Morgan fingerprint density at radius 3 is 1.96 bits per heavy atom. The molecule has 26 heavy (non-hydrogen) atoms. The smallest absolute Gasteiger partial charge is 0.306 e. The van der Waals surface area contributed by atoms with Gasteiger partial charge in [0.1, 0.15) is 12.4 Å². The molecule has 2 N–H and O–H groups in total. The third-order valence-corrected chi connectivity index (χ3v) is 4.14. The van der Waals surface area contributed by atoms with Crippen LogP contribution in [-0.2, 0) is 31.6 Å². The molecule has 1 aromatic rings. The lowest BCUT2D eigenvalue weighted by molar-refractivity contribution is -0.143. The summed E-state index contributed by atoms with van der Waals surface area (Å²) in [6.07, 6.45) is 0.809. The average molecular weight is 363 g/mol. The number of rotatable bonds is 6. The average Bonchev–Trinajstić information content (AvgIpc) is 2.48. The highest BCUT2D eigenvalue weighted by atomic mass is 16.5. The molecule has 0 radical (unpaired) electrons. The maximum absolute atomic E-state index is 11.9. The molecule has 0 aromatic heterocycles. The fourth-order valence-electron chi connectivity index (χ4n) is 2.69. The molecular weight excluding hydrogens is 330 g/mol. The number of carbonyl (C=O) groups is 2. The first-order valence-corrected chi connectivity index (χ1v) is 9.09. The maximum Gasteiger partial charge on any atom is 0.306 e. The van der Waals surface area contributed by atoms with Gasteiger partial charge in [-0.15, -0.1) is 0 Å². The van der Waals surface area contributed by atoms with Gasteiger partial charge in [0.25, 0.3) is 0 Å². The molecule has 0 aliphatic rings. The van der Waals surface area contributed by atoms with Gasteiger partial charge in [-0.05, 0) is 33.9 Å². The first-order valence-electron chi connectivity index (χ1n) is 9.09. The quantitative estimate of drug-likeness (QED) is 0.598. The van der Waals surface area contributed by atoms with Crippen molar-refractivity contribution < 1.29 is 19.4 Å². The molecule has 0 aliphatic carbocycles. The number of phenols is 1. The van der Waals surface area contributed by atoms with E-state index in [9.17, 15) is 14.7 Å². The lowest BCUT2D eigenvalue weighted by atomic mass is 9.78. The molecule has 0 aliphatic heterocycles. The Bertz CT molecular complexity index is 616. The van der Waals surface area contributed by atoms with Crippen LogP contribution in [0, 0.1) is 0 Å². The van der Waals surface area contributed by atoms with E-state index in [4.69, 9.17) is 4.74 Å². The number of ether oxygens (including phenoxy) is 1. The summed E-state index contributed by atoms with van der Waals surface area (Å²) in [6.45, 7) is 14.3. The molecule has 5 heteroatoms. The van der Waals surface area contributed by atoms with Gasteiger partial charge in [-0.25, -0.2) is 0 Å². The minimum absolute atomic E-state index is 0.144. The number of amides is 1.